The van der Waals surface area contributed by atoms with E-state index in [0.717, 1.165) is 52.1 Å². The number of rotatable bonds is 15. The molecule has 0 fully saturated rings. The Morgan fingerprint density at radius 1 is 0.735 bits per heavy atom. The topological polar surface area (TPSA) is 105 Å². The fourth-order valence-corrected chi connectivity index (χ4v) is 2.84. The second-order valence-corrected chi connectivity index (χ2v) is 7.05. The molecule has 2 aliphatic rings. The van der Waals surface area contributed by atoms with E-state index in [0.29, 0.717) is 22.7 Å². The molecule has 0 aromatic carbocycles. The quantitative estimate of drug-likeness (QED) is 0.108. The van der Waals surface area contributed by atoms with Crippen molar-refractivity contribution in [1.82, 2.24) is 10.6 Å². The van der Waals surface area contributed by atoms with E-state index in [1.54, 1.807) is 50.9 Å². The van der Waals surface area contributed by atoms with E-state index in [9.17, 15) is 9.59 Å². The Balaban J connectivity index is 0.00000544. The number of nitrogens with one attached hydrogen (secondary N) is 2. The fraction of sp³-hybridized carbons (Fsp3) is 0.417. The zero-order valence-corrected chi connectivity index (χ0v) is 24.3. The molecule has 0 bridgehead atoms. The Labute approximate surface area is 232 Å². The summed E-state index contributed by atoms with van der Waals surface area (Å²) < 4.78 is 10.1. The molecule has 0 aromatic heterocycles. The first-order chi connectivity index (χ1) is 15.6. The van der Waals surface area contributed by atoms with Gasteiger partial charge in [-0.1, -0.05) is 12.8 Å². The molecule has 0 saturated heterocycles. The van der Waals surface area contributed by atoms with Crippen LogP contribution in [0.1, 0.15) is 12.8 Å². The van der Waals surface area contributed by atoms with Crippen molar-refractivity contribution in [2.75, 3.05) is 53.5 Å². The number of ether oxygens (including phenoxy) is 2. The van der Waals surface area contributed by atoms with Gasteiger partial charge in [-0.2, -0.15) is 13.1 Å². The van der Waals surface area contributed by atoms with Gasteiger partial charge in [0, 0.05) is 48.8 Å². The summed E-state index contributed by atoms with van der Waals surface area (Å²) in [7, 11) is 3.08. The van der Waals surface area contributed by atoms with Crippen molar-refractivity contribution in [2.24, 2.45) is 0 Å². The molecule has 0 aliphatic heterocycles. The number of allylic oxidation sites excluding steroid dienone is 8. The van der Waals surface area contributed by atoms with Crippen LogP contribution in [-0.4, -0.2) is 84.8 Å². The summed E-state index contributed by atoms with van der Waals surface area (Å²) >= 11 is 0. The van der Waals surface area contributed by atoms with E-state index in [2.05, 4.69) is 21.3 Å². The fourth-order valence-electron chi connectivity index (χ4n) is 2.84. The molecule has 34 heavy (non-hydrogen) atoms. The molecular weight excluding hydrogens is 603 g/mol. The molecule has 10 heteroatoms. The zero-order chi connectivity index (χ0) is 23.0. The molecule has 0 spiro atoms. The van der Waals surface area contributed by atoms with Gasteiger partial charge in [0.2, 0.25) is 0 Å². The number of ketones is 2. The summed E-state index contributed by atoms with van der Waals surface area (Å²) in [6, 6.07) is 0. The maximum atomic E-state index is 11.8. The predicted molar refractivity (Wildman–Crippen MR) is 132 cm³/mol. The Hall–Kier alpha value is -1.73. The summed E-state index contributed by atoms with van der Waals surface area (Å²) in [6.07, 6.45) is 15.2. The third-order valence-electron chi connectivity index (χ3n) is 4.65. The summed E-state index contributed by atoms with van der Waals surface area (Å²) in [5, 5.41) is 15.2. The van der Waals surface area contributed by atoms with Gasteiger partial charge in [-0.25, -0.2) is 0 Å². The van der Waals surface area contributed by atoms with Crippen molar-refractivity contribution >= 4 is 31.4 Å². The van der Waals surface area contributed by atoms with Crippen LogP contribution < -0.4 is 34.6 Å². The molecule has 2 N–H and O–H groups in total. The van der Waals surface area contributed by atoms with Crippen molar-refractivity contribution in [3.8, 4) is 0 Å². The van der Waals surface area contributed by atoms with Crippen LogP contribution in [0, 0.1) is 0 Å². The van der Waals surface area contributed by atoms with Crippen molar-refractivity contribution in [2.45, 2.75) is 12.8 Å². The van der Waals surface area contributed by atoms with Crippen molar-refractivity contribution < 1.29 is 43.0 Å². The Morgan fingerprint density at radius 3 is 1.50 bits per heavy atom. The van der Waals surface area contributed by atoms with Gasteiger partial charge in [-0.05, 0) is 24.3 Å². The average molecular weight is 635 g/mol. The van der Waals surface area contributed by atoms with E-state index in [4.69, 9.17) is 9.47 Å². The van der Waals surface area contributed by atoms with E-state index >= 15 is 0 Å². The Bertz CT molecular complexity index is 767. The van der Waals surface area contributed by atoms with Gasteiger partial charge in [0.1, 0.15) is 11.5 Å². The minimum atomic E-state index is -0.0628. The first kappa shape index (κ1) is 32.3. The smallest absolute Gasteiger partial charge is 1.00 e. The van der Waals surface area contributed by atoms with Crippen molar-refractivity contribution in [1.29, 1.82) is 0 Å². The van der Waals surface area contributed by atoms with Gasteiger partial charge >= 0.3 is 19.8 Å². The zero-order valence-electron chi connectivity index (χ0n) is 19.8. The second-order valence-electron chi connectivity index (χ2n) is 7.05. The number of halogens is 1. The maximum Gasteiger partial charge on any atom is 3.00 e. The number of nitrogens with zero attached hydrogens (tertiary/aromatic N) is 2. The van der Waals surface area contributed by atoms with Crippen LogP contribution in [0.5, 0.6) is 0 Å². The minimum absolute atomic E-state index is 0. The largest absolute Gasteiger partial charge is 3.00 e. The van der Waals surface area contributed by atoms with Crippen LogP contribution >= 0.6 is 0 Å². The monoisotopic (exact) mass is 635 g/mol. The first-order valence-electron chi connectivity index (χ1n) is 10.7. The summed E-state index contributed by atoms with van der Waals surface area (Å²) in [5.74, 6) is 1.01. The van der Waals surface area contributed by atoms with Gasteiger partial charge in [0.15, 0.2) is 11.6 Å². The first-order valence-corrected chi connectivity index (χ1v) is 10.7. The number of methoxy groups -OCH3 is 2. The molecule has 0 heterocycles. The van der Waals surface area contributed by atoms with Gasteiger partial charge in [-0.15, -0.1) is 13.1 Å². The van der Waals surface area contributed by atoms with E-state index in [-0.39, 0.29) is 55.3 Å². The van der Waals surface area contributed by atoms with E-state index < -0.39 is 0 Å². The number of carbonyl (C=O) groups is 2. The summed E-state index contributed by atoms with van der Waals surface area (Å²) in [4.78, 5) is 23.7. The van der Waals surface area contributed by atoms with Crippen LogP contribution in [-0.2, 0) is 19.1 Å². The molecule has 8 nitrogen and oxygen atoms in total. The van der Waals surface area contributed by atoms with E-state index in [1.807, 2.05) is 0 Å². The molecule has 0 saturated carbocycles. The summed E-state index contributed by atoms with van der Waals surface area (Å²) in [5.41, 5.74) is 1.23. The number of hydrogen-bond acceptors (Lipinski definition) is 6. The molecule has 2 aliphatic carbocycles. The van der Waals surface area contributed by atoms with Crippen LogP contribution in [0.15, 0.2) is 71.5 Å². The molecule has 0 amide bonds. The maximum absolute atomic E-state index is 11.8. The molecule has 0 unspecified atom stereocenters. The number of carbonyl (C=O) groups excluding carboxylic acids is 2. The molecule has 2 rings (SSSR count). The second kappa shape index (κ2) is 19.6. The third-order valence-corrected chi connectivity index (χ3v) is 4.65. The normalized spacial score (nSPS) is 17.0. The van der Waals surface area contributed by atoms with Crippen molar-refractivity contribution in [3.05, 3.63) is 82.2 Å². The van der Waals surface area contributed by atoms with Gasteiger partial charge < -0.3 is 54.7 Å². The predicted octanol–water partition coefficient (Wildman–Crippen LogP) is -0.577. The Kier molecular flexibility index (Phi) is 18.6. The molecule has 182 valence electrons. The van der Waals surface area contributed by atoms with Crippen LogP contribution in [0.3, 0.4) is 0 Å². The van der Waals surface area contributed by atoms with Gasteiger partial charge in [0.05, 0.1) is 14.2 Å². The van der Waals surface area contributed by atoms with Gasteiger partial charge in [-0.3, -0.25) is 9.59 Å². The number of hydrogen-bond donors (Lipinski definition) is 2. The minimum Gasteiger partial charge on any atom is -1.00 e. The standard InChI is InChI=1S/C24H32N4O4.Ga.HI/c1-31-21-7-5-19(23(29)15-21)17-27-11-3-9-25-13-14-26-10-4-12-28-18-20-6-8-22(32-2)16-24(20)30;;/h5-8,15-18,27-28H,3-4,9-14H2,1-2H3;;1H/q-2;+3;/p-1/b19-17-,20-18+;;/i;1-2;. The molecular formula is C24H32GaIN4O4. The van der Waals surface area contributed by atoms with Crippen molar-refractivity contribution in [3.63, 3.8) is 0 Å². The average Bonchev–Trinajstić information content (AvgIpc) is 2.80. The third kappa shape index (κ3) is 12.7. The molecule has 0 atom stereocenters. The van der Waals surface area contributed by atoms with Crippen LogP contribution in [0.4, 0.5) is 0 Å². The molecule has 0 aromatic rings. The summed E-state index contributed by atoms with van der Waals surface area (Å²) in [6.45, 7) is 4.48. The van der Waals surface area contributed by atoms with Crippen LogP contribution in [0.25, 0.3) is 10.6 Å². The van der Waals surface area contributed by atoms with Crippen LogP contribution in [0.2, 0.25) is 0 Å². The SMILES string of the molecule is COC1=CC(=O)/C(=C\NCCC[N-]CC[N-]CCCN/C=C2\C=CC(OC)=CC2=O)C=C1.[68Ga+3].[I-]. The van der Waals surface area contributed by atoms with Gasteiger partial charge in [0.25, 0.3) is 0 Å². The molecule has 0 radical (unpaired) electrons. The Morgan fingerprint density at radius 2 is 1.15 bits per heavy atom. The van der Waals surface area contributed by atoms with E-state index in [1.165, 1.54) is 12.2 Å².